The lowest BCUT2D eigenvalue weighted by atomic mass is 9.88. The molecule has 0 radical (unpaired) electrons. The van der Waals surface area contributed by atoms with Crippen LogP contribution < -0.4 is 0 Å². The summed E-state index contributed by atoms with van der Waals surface area (Å²) in [5.74, 6) is 0. The highest BCUT2D eigenvalue weighted by Gasteiger charge is 2.12. The summed E-state index contributed by atoms with van der Waals surface area (Å²) in [7, 11) is 0. The Hall–Kier alpha value is -2.46. The third-order valence-corrected chi connectivity index (χ3v) is 4.81. The summed E-state index contributed by atoms with van der Waals surface area (Å²) >= 11 is 1.78. The average Bonchev–Trinajstić information content (AvgIpc) is 2.72. The molecule has 0 unspecified atom stereocenters. The Kier molecular flexibility index (Phi) is 6.77. The first-order valence-corrected chi connectivity index (χ1v) is 10.1. The second-order valence-electron chi connectivity index (χ2n) is 6.20. The lowest BCUT2D eigenvalue weighted by Gasteiger charge is -2.16. The van der Waals surface area contributed by atoms with Crippen LogP contribution in [0.2, 0.25) is 0 Å². The maximum Gasteiger partial charge on any atom is 0.215 e. The molecule has 0 heterocycles. The van der Waals surface area contributed by atoms with Crippen LogP contribution in [0.15, 0.2) is 91.0 Å². The van der Waals surface area contributed by atoms with Crippen molar-refractivity contribution in [2.45, 2.75) is 13.3 Å². The summed E-state index contributed by atoms with van der Waals surface area (Å²) in [5.41, 5.74) is 7.24. The van der Waals surface area contributed by atoms with Gasteiger partial charge >= 0.3 is 0 Å². The van der Waals surface area contributed by atoms with Gasteiger partial charge < -0.3 is 0 Å². The molecule has 0 atom stereocenters. The van der Waals surface area contributed by atoms with E-state index in [1.54, 1.807) is 28.7 Å². The molecule has 0 saturated heterocycles. The summed E-state index contributed by atoms with van der Waals surface area (Å²) in [6.45, 7) is 2.20. The van der Waals surface area contributed by atoms with Gasteiger partial charge in [0.05, 0.1) is 0 Å². The van der Waals surface area contributed by atoms with Crippen LogP contribution in [0.3, 0.4) is 0 Å². The standard InChI is InChI=1S/C25H21IO/c1-2-23(20-9-5-3-6-10-20)25(21-11-7-4-8-12-21)22-16-13-19(14-17-22)15-18-24(26)27/h3-18H,2H2,1H3/b18-15+,25-23-. The van der Waals surface area contributed by atoms with E-state index in [-0.39, 0.29) is 3.79 Å². The first kappa shape index (κ1) is 19.3. The van der Waals surface area contributed by atoms with Crippen molar-refractivity contribution in [3.05, 3.63) is 113 Å². The quantitative estimate of drug-likeness (QED) is 0.166. The van der Waals surface area contributed by atoms with Crippen LogP contribution in [-0.4, -0.2) is 3.79 Å². The molecule has 0 fully saturated rings. The molecule has 0 N–H and O–H groups in total. The number of carbonyl (C=O) groups is 1. The molecule has 1 nitrogen and oxygen atoms in total. The molecule has 0 aromatic heterocycles. The number of hydrogen-bond donors (Lipinski definition) is 0. The summed E-state index contributed by atoms with van der Waals surface area (Å²) in [5, 5.41) is 0. The molecule has 0 amide bonds. The van der Waals surface area contributed by atoms with Crippen molar-refractivity contribution in [3.8, 4) is 0 Å². The van der Waals surface area contributed by atoms with E-state index in [4.69, 9.17) is 0 Å². The van der Waals surface area contributed by atoms with E-state index in [2.05, 4.69) is 85.8 Å². The molecule has 134 valence electrons. The first-order chi connectivity index (χ1) is 13.2. The maximum absolute atomic E-state index is 11.2. The zero-order valence-corrected chi connectivity index (χ0v) is 17.4. The highest BCUT2D eigenvalue weighted by Crippen LogP contribution is 2.34. The van der Waals surface area contributed by atoms with Crippen LogP contribution in [-0.2, 0) is 4.79 Å². The molecule has 3 aromatic rings. The zero-order chi connectivity index (χ0) is 19.1. The molecule has 0 aliphatic heterocycles. The summed E-state index contributed by atoms with van der Waals surface area (Å²) < 4.78 is 0.0268. The minimum Gasteiger partial charge on any atom is -0.283 e. The Balaban J connectivity index is 2.14. The lowest BCUT2D eigenvalue weighted by molar-refractivity contribution is -0.105. The third kappa shape index (κ3) is 5.04. The molecule has 0 bridgehead atoms. The maximum atomic E-state index is 11.2. The molecule has 27 heavy (non-hydrogen) atoms. The van der Waals surface area contributed by atoms with Crippen molar-refractivity contribution >= 4 is 43.6 Å². The van der Waals surface area contributed by atoms with Crippen LogP contribution in [0, 0.1) is 0 Å². The van der Waals surface area contributed by atoms with E-state index in [1.807, 2.05) is 12.1 Å². The highest BCUT2D eigenvalue weighted by molar-refractivity contribution is 14.1. The van der Waals surface area contributed by atoms with Gasteiger partial charge in [0, 0.05) is 22.6 Å². The molecule has 0 aliphatic rings. The predicted molar refractivity (Wildman–Crippen MR) is 124 cm³/mol. The SMILES string of the molecule is CC/C(=C(\c1ccccc1)c1ccc(/C=C/C(=O)I)cc1)c1ccccc1. The van der Waals surface area contributed by atoms with Gasteiger partial charge in [0.15, 0.2) is 0 Å². The van der Waals surface area contributed by atoms with E-state index in [9.17, 15) is 4.79 Å². The lowest BCUT2D eigenvalue weighted by Crippen LogP contribution is -1.95. The Morgan fingerprint density at radius 1 is 0.778 bits per heavy atom. The van der Waals surface area contributed by atoms with E-state index in [0.717, 1.165) is 12.0 Å². The number of halogens is 1. The number of benzene rings is 3. The van der Waals surface area contributed by atoms with Crippen LogP contribution in [0.4, 0.5) is 0 Å². The van der Waals surface area contributed by atoms with Crippen molar-refractivity contribution in [3.63, 3.8) is 0 Å². The van der Waals surface area contributed by atoms with Crippen LogP contribution in [0.1, 0.15) is 35.6 Å². The van der Waals surface area contributed by atoms with E-state index < -0.39 is 0 Å². The van der Waals surface area contributed by atoms with Gasteiger partial charge in [-0.15, -0.1) is 0 Å². The molecule has 3 aromatic carbocycles. The fourth-order valence-corrected chi connectivity index (χ4v) is 3.39. The number of carbonyl (C=O) groups excluding carboxylic acids is 1. The molecule has 2 heteroatoms. The van der Waals surface area contributed by atoms with Crippen LogP contribution in [0.5, 0.6) is 0 Å². The van der Waals surface area contributed by atoms with Gasteiger partial charge in [0.1, 0.15) is 0 Å². The summed E-state index contributed by atoms with van der Waals surface area (Å²) in [6.07, 6.45) is 4.38. The summed E-state index contributed by atoms with van der Waals surface area (Å²) in [6, 6.07) is 29.5. The fraction of sp³-hybridized carbons (Fsp3) is 0.0800. The van der Waals surface area contributed by atoms with Gasteiger partial charge in [-0.3, -0.25) is 4.79 Å². The first-order valence-electron chi connectivity index (χ1n) is 9.01. The van der Waals surface area contributed by atoms with Gasteiger partial charge in [0.2, 0.25) is 3.79 Å². The minimum atomic E-state index is 0.0268. The van der Waals surface area contributed by atoms with Crippen molar-refractivity contribution in [2.75, 3.05) is 0 Å². The van der Waals surface area contributed by atoms with Gasteiger partial charge in [-0.05, 0) is 45.9 Å². The van der Waals surface area contributed by atoms with Crippen molar-refractivity contribution < 1.29 is 4.79 Å². The number of allylic oxidation sites excluding steroid dienone is 2. The molecule has 0 saturated carbocycles. The Labute approximate surface area is 174 Å². The van der Waals surface area contributed by atoms with Crippen LogP contribution in [0.25, 0.3) is 17.2 Å². The average molecular weight is 464 g/mol. The molecular weight excluding hydrogens is 443 g/mol. The van der Waals surface area contributed by atoms with E-state index in [1.165, 1.54) is 27.8 Å². The zero-order valence-electron chi connectivity index (χ0n) is 15.2. The van der Waals surface area contributed by atoms with Gasteiger partial charge in [-0.1, -0.05) is 97.9 Å². The Bertz CT molecular complexity index is 952. The Morgan fingerprint density at radius 3 is 1.81 bits per heavy atom. The topological polar surface area (TPSA) is 17.1 Å². The van der Waals surface area contributed by atoms with E-state index >= 15 is 0 Å². The molecule has 0 spiro atoms. The molecular formula is C25H21IO. The predicted octanol–water partition coefficient (Wildman–Crippen LogP) is 7.03. The van der Waals surface area contributed by atoms with Gasteiger partial charge in [0.25, 0.3) is 0 Å². The van der Waals surface area contributed by atoms with Crippen LogP contribution >= 0.6 is 22.6 Å². The van der Waals surface area contributed by atoms with Gasteiger partial charge in [-0.2, -0.15) is 0 Å². The Morgan fingerprint density at radius 2 is 1.30 bits per heavy atom. The third-order valence-electron chi connectivity index (χ3n) is 4.45. The fourth-order valence-electron chi connectivity index (χ4n) is 3.21. The number of rotatable bonds is 6. The molecule has 0 aliphatic carbocycles. The number of hydrogen-bond acceptors (Lipinski definition) is 1. The normalized spacial score (nSPS) is 12.1. The molecule has 3 rings (SSSR count). The van der Waals surface area contributed by atoms with Gasteiger partial charge in [-0.25, -0.2) is 0 Å². The summed E-state index contributed by atoms with van der Waals surface area (Å²) in [4.78, 5) is 11.2. The van der Waals surface area contributed by atoms with Crippen molar-refractivity contribution in [2.24, 2.45) is 0 Å². The smallest absolute Gasteiger partial charge is 0.215 e. The second-order valence-corrected chi connectivity index (χ2v) is 7.26. The van der Waals surface area contributed by atoms with E-state index in [0.29, 0.717) is 0 Å². The monoisotopic (exact) mass is 464 g/mol. The van der Waals surface area contributed by atoms with Crippen molar-refractivity contribution in [1.82, 2.24) is 0 Å². The second kappa shape index (κ2) is 9.47. The largest absolute Gasteiger partial charge is 0.283 e. The highest BCUT2D eigenvalue weighted by atomic mass is 127. The minimum absolute atomic E-state index is 0.0268. The van der Waals surface area contributed by atoms with Crippen molar-refractivity contribution in [1.29, 1.82) is 0 Å².